The molecule has 0 heterocycles. The van der Waals surface area contributed by atoms with Gasteiger partial charge in [0.05, 0.1) is 19.3 Å². The maximum atomic E-state index is 12.2. The first-order valence-electron chi connectivity index (χ1n) is 7.81. The lowest BCUT2D eigenvalue weighted by Crippen LogP contribution is -2.37. The van der Waals surface area contributed by atoms with E-state index in [1.165, 1.54) is 0 Å². The lowest BCUT2D eigenvalue weighted by molar-refractivity contribution is -0.129. The van der Waals surface area contributed by atoms with E-state index in [0.717, 1.165) is 18.4 Å². The average Bonchev–Trinajstić information content (AvgIpc) is 3.36. The largest absolute Gasteiger partial charge is 0.496 e. The number of esters is 1. The minimum absolute atomic E-state index is 0.238. The highest BCUT2D eigenvalue weighted by molar-refractivity contribution is 5.92. The van der Waals surface area contributed by atoms with Crippen molar-refractivity contribution in [2.24, 2.45) is 0 Å². The summed E-state index contributed by atoms with van der Waals surface area (Å²) in [5, 5.41) is 2.81. The second-order valence-electron chi connectivity index (χ2n) is 5.49. The van der Waals surface area contributed by atoms with Gasteiger partial charge in [0.2, 0.25) is 0 Å². The van der Waals surface area contributed by atoms with Crippen LogP contribution < -0.4 is 10.1 Å². The molecule has 1 N–H and O–H groups in total. The van der Waals surface area contributed by atoms with Gasteiger partial charge >= 0.3 is 5.97 Å². The van der Waals surface area contributed by atoms with Gasteiger partial charge in [-0.2, -0.15) is 0 Å². The molecule has 6 heteroatoms. The van der Waals surface area contributed by atoms with Crippen molar-refractivity contribution < 1.29 is 23.8 Å². The summed E-state index contributed by atoms with van der Waals surface area (Å²) in [6.45, 7) is 4.37. The molecule has 0 unspecified atom stereocenters. The molecule has 1 aliphatic rings. The van der Waals surface area contributed by atoms with Gasteiger partial charge in [-0.15, -0.1) is 0 Å². The Bertz CT molecular complexity index is 568. The summed E-state index contributed by atoms with van der Waals surface area (Å²) in [5.41, 5.74) is 1.13. The van der Waals surface area contributed by atoms with Crippen LogP contribution in [0.25, 0.3) is 0 Å². The van der Waals surface area contributed by atoms with Crippen LogP contribution >= 0.6 is 0 Å². The summed E-state index contributed by atoms with van der Waals surface area (Å²) in [5.74, 6) is -0.151. The van der Waals surface area contributed by atoms with Crippen LogP contribution in [0.4, 0.5) is 0 Å². The van der Waals surface area contributed by atoms with Gasteiger partial charge in [0.1, 0.15) is 5.75 Å². The van der Waals surface area contributed by atoms with Crippen molar-refractivity contribution in [1.82, 2.24) is 5.32 Å². The Morgan fingerprint density at radius 2 is 2.09 bits per heavy atom. The number of nitrogens with one attached hydrogen (secondary N) is 1. The fourth-order valence-corrected chi connectivity index (χ4v) is 2.06. The van der Waals surface area contributed by atoms with Crippen molar-refractivity contribution in [2.75, 3.05) is 13.7 Å². The molecule has 0 spiro atoms. The van der Waals surface area contributed by atoms with Gasteiger partial charge in [-0.1, -0.05) is 0 Å². The molecule has 6 nitrogen and oxygen atoms in total. The third-order valence-electron chi connectivity index (χ3n) is 3.55. The molecule has 0 aliphatic heterocycles. The van der Waals surface area contributed by atoms with Crippen LogP contribution in [-0.4, -0.2) is 37.7 Å². The van der Waals surface area contributed by atoms with Gasteiger partial charge in [0.25, 0.3) is 5.91 Å². The number of amides is 1. The van der Waals surface area contributed by atoms with Crippen molar-refractivity contribution in [3.63, 3.8) is 0 Å². The van der Waals surface area contributed by atoms with Crippen molar-refractivity contribution >= 4 is 11.9 Å². The third-order valence-corrected chi connectivity index (χ3v) is 3.55. The maximum absolute atomic E-state index is 12.2. The predicted molar refractivity (Wildman–Crippen MR) is 84.4 cm³/mol. The van der Waals surface area contributed by atoms with Crippen LogP contribution in [0, 0.1) is 0 Å². The predicted octanol–water partition coefficient (Wildman–Crippen LogP) is 2.06. The van der Waals surface area contributed by atoms with E-state index in [0.29, 0.717) is 24.5 Å². The number of methoxy groups -OCH3 is 1. The summed E-state index contributed by atoms with van der Waals surface area (Å²) >= 11 is 0. The highest BCUT2D eigenvalue weighted by Crippen LogP contribution is 2.22. The van der Waals surface area contributed by atoms with Crippen LogP contribution in [0.5, 0.6) is 5.75 Å². The molecular formula is C17H23NO5. The molecule has 0 saturated heterocycles. The van der Waals surface area contributed by atoms with Gasteiger partial charge in [0, 0.05) is 18.2 Å². The number of carbonyl (C=O) groups excluding carboxylic acids is 2. The summed E-state index contributed by atoms with van der Waals surface area (Å²) in [6.07, 6.45) is 1.16. The monoisotopic (exact) mass is 321 g/mol. The molecule has 1 saturated carbocycles. The molecule has 2 rings (SSSR count). The number of hydrogen-bond acceptors (Lipinski definition) is 5. The smallest absolute Gasteiger partial charge is 0.338 e. The lowest BCUT2D eigenvalue weighted by Gasteiger charge is -2.14. The Kier molecular flexibility index (Phi) is 5.98. The Morgan fingerprint density at radius 1 is 1.35 bits per heavy atom. The van der Waals surface area contributed by atoms with E-state index in [-0.39, 0.29) is 11.9 Å². The van der Waals surface area contributed by atoms with Crippen LogP contribution in [0.2, 0.25) is 0 Å². The third kappa shape index (κ3) is 4.96. The Morgan fingerprint density at radius 3 is 2.70 bits per heavy atom. The van der Waals surface area contributed by atoms with Crippen LogP contribution in [0.3, 0.4) is 0 Å². The van der Waals surface area contributed by atoms with Crippen molar-refractivity contribution in [1.29, 1.82) is 0 Å². The van der Waals surface area contributed by atoms with Crippen LogP contribution in [0.1, 0.15) is 42.6 Å². The molecule has 1 aromatic carbocycles. The Labute approximate surface area is 136 Å². The molecular weight excluding hydrogens is 298 g/mol. The van der Waals surface area contributed by atoms with Crippen LogP contribution in [-0.2, 0) is 20.9 Å². The topological polar surface area (TPSA) is 73.9 Å². The van der Waals surface area contributed by atoms with E-state index in [4.69, 9.17) is 14.2 Å². The molecule has 23 heavy (non-hydrogen) atoms. The fourth-order valence-electron chi connectivity index (χ4n) is 2.06. The summed E-state index contributed by atoms with van der Waals surface area (Å²) < 4.78 is 15.8. The van der Waals surface area contributed by atoms with Gasteiger partial charge in [0.15, 0.2) is 6.10 Å². The minimum Gasteiger partial charge on any atom is -0.496 e. The van der Waals surface area contributed by atoms with Crippen molar-refractivity contribution in [2.45, 2.75) is 45.4 Å². The molecule has 1 atom stereocenters. The molecule has 0 bridgehead atoms. The fraction of sp³-hybridized carbons (Fsp3) is 0.529. The quantitative estimate of drug-likeness (QED) is 0.742. The highest BCUT2D eigenvalue weighted by atomic mass is 16.5. The average molecular weight is 321 g/mol. The van der Waals surface area contributed by atoms with Crippen molar-refractivity contribution in [3.8, 4) is 5.75 Å². The molecule has 0 radical (unpaired) electrons. The number of hydrogen-bond donors (Lipinski definition) is 1. The molecule has 1 aliphatic carbocycles. The number of carbonyl (C=O) groups is 2. The van der Waals surface area contributed by atoms with E-state index >= 15 is 0 Å². The molecule has 126 valence electrons. The first-order valence-corrected chi connectivity index (χ1v) is 7.81. The van der Waals surface area contributed by atoms with E-state index in [9.17, 15) is 9.59 Å². The second kappa shape index (κ2) is 7.97. The Balaban J connectivity index is 2.01. The van der Waals surface area contributed by atoms with Crippen LogP contribution in [0.15, 0.2) is 18.2 Å². The van der Waals surface area contributed by atoms with Gasteiger partial charge in [-0.3, -0.25) is 4.79 Å². The van der Waals surface area contributed by atoms with Gasteiger partial charge < -0.3 is 19.5 Å². The standard InChI is InChI=1S/C17H23NO5/c1-4-22-10-13-9-12(5-8-15(13)21-3)17(20)23-11(2)16(19)18-14-6-7-14/h5,8-9,11,14H,4,6-7,10H2,1-3H3,(H,18,19)/t11-/m1/s1. The maximum Gasteiger partial charge on any atom is 0.338 e. The van der Waals surface area contributed by atoms with E-state index in [1.54, 1.807) is 32.2 Å². The normalized spacial score (nSPS) is 14.9. The molecule has 0 aromatic heterocycles. The van der Waals surface area contributed by atoms with E-state index in [2.05, 4.69) is 5.32 Å². The number of benzene rings is 1. The molecule has 1 fully saturated rings. The second-order valence-corrected chi connectivity index (χ2v) is 5.49. The Hall–Kier alpha value is -2.08. The van der Waals surface area contributed by atoms with Crippen molar-refractivity contribution in [3.05, 3.63) is 29.3 Å². The zero-order valence-corrected chi connectivity index (χ0v) is 13.8. The number of rotatable bonds is 8. The SMILES string of the molecule is CCOCc1cc(C(=O)O[C@H](C)C(=O)NC2CC2)ccc1OC. The van der Waals surface area contributed by atoms with E-state index in [1.807, 2.05) is 6.92 Å². The number of ether oxygens (including phenoxy) is 3. The minimum atomic E-state index is -0.819. The zero-order chi connectivity index (χ0) is 16.8. The van der Waals surface area contributed by atoms with E-state index < -0.39 is 12.1 Å². The summed E-state index contributed by atoms with van der Waals surface area (Å²) in [7, 11) is 1.56. The molecule has 1 amide bonds. The highest BCUT2D eigenvalue weighted by Gasteiger charge is 2.27. The lowest BCUT2D eigenvalue weighted by atomic mass is 10.1. The summed E-state index contributed by atoms with van der Waals surface area (Å²) in [4.78, 5) is 24.0. The zero-order valence-electron chi connectivity index (χ0n) is 13.8. The van der Waals surface area contributed by atoms with Gasteiger partial charge in [-0.05, 0) is 44.9 Å². The molecule has 1 aromatic rings. The first kappa shape index (κ1) is 17.3. The summed E-state index contributed by atoms with van der Waals surface area (Å²) in [6, 6.07) is 5.21. The van der Waals surface area contributed by atoms with Gasteiger partial charge in [-0.25, -0.2) is 4.79 Å². The first-order chi connectivity index (χ1) is 11.0.